The van der Waals surface area contributed by atoms with Crippen molar-refractivity contribution in [1.29, 1.82) is 0 Å². The molecule has 1 aromatic rings. The summed E-state index contributed by atoms with van der Waals surface area (Å²) >= 11 is 5.59. The number of hydrogen-bond donors (Lipinski definition) is 2. The Bertz CT molecular complexity index is 346. The van der Waals surface area contributed by atoms with E-state index < -0.39 is 0 Å². The Kier molecular flexibility index (Phi) is 4.45. The Labute approximate surface area is 92.5 Å². The van der Waals surface area contributed by atoms with Crippen LogP contribution in [0.5, 0.6) is 0 Å². The van der Waals surface area contributed by atoms with Crippen molar-refractivity contribution in [3.63, 3.8) is 0 Å². The molecule has 0 bridgehead atoms. The summed E-state index contributed by atoms with van der Waals surface area (Å²) in [5.41, 5.74) is 0.174. The Morgan fingerprint density at radius 3 is 3.00 bits per heavy atom. The molecule has 0 aromatic carbocycles. The van der Waals surface area contributed by atoms with Gasteiger partial charge in [0, 0.05) is 13.2 Å². The Balaban J connectivity index is 2.54. The molecule has 15 heavy (non-hydrogen) atoms. The average molecular weight is 230 g/mol. The summed E-state index contributed by atoms with van der Waals surface area (Å²) < 4.78 is 0. The lowest BCUT2D eigenvalue weighted by Gasteiger charge is -2.08. The van der Waals surface area contributed by atoms with Crippen LogP contribution < -0.4 is 5.32 Å². The molecule has 0 aliphatic heterocycles. The minimum atomic E-state index is -0.342. The summed E-state index contributed by atoms with van der Waals surface area (Å²) in [4.78, 5) is 19.0. The smallest absolute Gasteiger partial charge is 0.271 e. The normalized spacial score (nSPS) is 12.2. The van der Waals surface area contributed by atoms with Gasteiger partial charge in [-0.1, -0.05) is 18.5 Å². The number of amides is 1. The van der Waals surface area contributed by atoms with Gasteiger partial charge in [0.2, 0.25) is 0 Å². The molecule has 1 atom stereocenters. The number of nitrogens with zero attached hydrogens (tertiary/aromatic N) is 2. The first-order chi connectivity index (χ1) is 7.13. The van der Waals surface area contributed by atoms with E-state index in [0.717, 1.165) is 0 Å². The summed E-state index contributed by atoms with van der Waals surface area (Å²) in [5.74, 6) is -0.327. The van der Waals surface area contributed by atoms with Crippen molar-refractivity contribution < 1.29 is 9.90 Å². The number of aliphatic hydroxyl groups excluding tert-OH is 1. The van der Waals surface area contributed by atoms with E-state index in [1.54, 1.807) is 0 Å². The van der Waals surface area contributed by atoms with Crippen molar-refractivity contribution in [2.45, 2.75) is 6.92 Å². The number of aliphatic hydroxyl groups is 1. The maximum atomic E-state index is 11.5. The molecule has 1 heterocycles. The molecular weight excluding hydrogens is 218 g/mol. The molecule has 0 radical (unpaired) electrons. The van der Waals surface area contributed by atoms with Crippen molar-refractivity contribution in [2.24, 2.45) is 5.92 Å². The van der Waals surface area contributed by atoms with E-state index in [1.807, 2.05) is 6.92 Å². The van der Waals surface area contributed by atoms with E-state index in [0.29, 0.717) is 6.54 Å². The van der Waals surface area contributed by atoms with Crippen LogP contribution in [0.2, 0.25) is 5.15 Å². The topological polar surface area (TPSA) is 75.1 Å². The van der Waals surface area contributed by atoms with E-state index in [2.05, 4.69) is 15.3 Å². The highest BCUT2D eigenvalue weighted by Gasteiger charge is 2.09. The fourth-order valence-corrected chi connectivity index (χ4v) is 1.02. The van der Waals surface area contributed by atoms with Gasteiger partial charge in [-0.3, -0.25) is 9.78 Å². The van der Waals surface area contributed by atoms with Gasteiger partial charge in [-0.2, -0.15) is 0 Å². The molecular formula is C9H12ClN3O2. The van der Waals surface area contributed by atoms with Crippen LogP contribution in [0.4, 0.5) is 0 Å². The summed E-state index contributed by atoms with van der Waals surface area (Å²) in [6, 6.07) is 0. The van der Waals surface area contributed by atoms with Gasteiger partial charge in [0.15, 0.2) is 0 Å². The summed E-state index contributed by atoms with van der Waals surface area (Å²) in [6.45, 7) is 2.25. The fourth-order valence-electron chi connectivity index (χ4n) is 0.874. The summed E-state index contributed by atoms with van der Waals surface area (Å²) in [5, 5.41) is 11.6. The molecule has 82 valence electrons. The number of carbonyl (C=O) groups is 1. The second-order valence-electron chi connectivity index (χ2n) is 3.22. The average Bonchev–Trinajstić information content (AvgIpc) is 2.25. The van der Waals surface area contributed by atoms with Crippen LogP contribution in [0, 0.1) is 5.92 Å². The lowest BCUT2D eigenvalue weighted by Crippen LogP contribution is -2.30. The third kappa shape index (κ3) is 3.81. The molecule has 0 saturated carbocycles. The minimum absolute atomic E-state index is 0.0149. The predicted octanol–water partition coefficient (Wildman–Crippen LogP) is 0.488. The first-order valence-electron chi connectivity index (χ1n) is 4.50. The van der Waals surface area contributed by atoms with Gasteiger partial charge in [0.1, 0.15) is 10.8 Å². The molecule has 5 nitrogen and oxygen atoms in total. The van der Waals surface area contributed by atoms with E-state index in [4.69, 9.17) is 16.7 Å². The first-order valence-corrected chi connectivity index (χ1v) is 4.88. The van der Waals surface area contributed by atoms with Crippen LogP contribution in [0.15, 0.2) is 12.4 Å². The van der Waals surface area contributed by atoms with Crippen LogP contribution in [-0.2, 0) is 0 Å². The summed E-state index contributed by atoms with van der Waals surface area (Å²) in [6.07, 6.45) is 2.69. The van der Waals surface area contributed by atoms with Gasteiger partial charge >= 0.3 is 0 Å². The van der Waals surface area contributed by atoms with Gasteiger partial charge in [-0.25, -0.2) is 4.98 Å². The highest BCUT2D eigenvalue weighted by atomic mass is 35.5. The second-order valence-corrected chi connectivity index (χ2v) is 3.61. The number of carbonyl (C=O) groups excluding carboxylic acids is 1. The largest absolute Gasteiger partial charge is 0.396 e. The Hall–Kier alpha value is -1.20. The fraction of sp³-hybridized carbons (Fsp3) is 0.444. The number of nitrogens with one attached hydrogen (secondary N) is 1. The molecule has 0 aliphatic carbocycles. The molecule has 6 heteroatoms. The van der Waals surface area contributed by atoms with E-state index >= 15 is 0 Å². The zero-order chi connectivity index (χ0) is 11.3. The van der Waals surface area contributed by atoms with Gasteiger partial charge in [-0.15, -0.1) is 0 Å². The maximum absolute atomic E-state index is 11.5. The van der Waals surface area contributed by atoms with Crippen molar-refractivity contribution >= 4 is 17.5 Å². The molecule has 1 rings (SSSR count). The summed E-state index contributed by atoms with van der Waals surface area (Å²) in [7, 11) is 0. The van der Waals surface area contributed by atoms with Crippen molar-refractivity contribution in [3.05, 3.63) is 23.2 Å². The van der Waals surface area contributed by atoms with E-state index in [9.17, 15) is 4.79 Å². The SMILES string of the molecule is CC(CO)CNC(=O)c1cncc(Cl)n1. The standard InChI is InChI=1S/C9H12ClN3O2/c1-6(5-14)2-12-9(15)7-3-11-4-8(10)13-7/h3-4,6,14H,2,5H2,1H3,(H,12,15). The molecule has 0 spiro atoms. The van der Waals surface area contributed by atoms with Crippen LogP contribution in [-0.4, -0.2) is 34.1 Å². The molecule has 2 N–H and O–H groups in total. The monoisotopic (exact) mass is 229 g/mol. The second kappa shape index (κ2) is 5.63. The molecule has 0 aliphatic rings. The van der Waals surface area contributed by atoms with Crippen molar-refractivity contribution in [3.8, 4) is 0 Å². The zero-order valence-electron chi connectivity index (χ0n) is 8.27. The third-order valence-corrected chi connectivity index (χ3v) is 1.94. The zero-order valence-corrected chi connectivity index (χ0v) is 9.03. The lowest BCUT2D eigenvalue weighted by atomic mass is 10.2. The Morgan fingerprint density at radius 1 is 1.67 bits per heavy atom. The minimum Gasteiger partial charge on any atom is -0.396 e. The van der Waals surface area contributed by atoms with Crippen molar-refractivity contribution in [2.75, 3.05) is 13.2 Å². The van der Waals surface area contributed by atoms with Gasteiger partial charge in [-0.05, 0) is 5.92 Å². The highest BCUT2D eigenvalue weighted by Crippen LogP contribution is 2.02. The number of halogens is 1. The molecule has 1 aromatic heterocycles. The number of aromatic nitrogens is 2. The van der Waals surface area contributed by atoms with Gasteiger partial charge in [0.25, 0.3) is 5.91 Å². The van der Waals surface area contributed by atoms with E-state index in [1.165, 1.54) is 12.4 Å². The molecule has 0 fully saturated rings. The predicted molar refractivity (Wildman–Crippen MR) is 55.6 cm³/mol. The molecule has 0 saturated heterocycles. The molecule has 1 unspecified atom stereocenters. The van der Waals surface area contributed by atoms with Crippen LogP contribution in [0.25, 0.3) is 0 Å². The van der Waals surface area contributed by atoms with Crippen molar-refractivity contribution in [1.82, 2.24) is 15.3 Å². The van der Waals surface area contributed by atoms with Gasteiger partial charge < -0.3 is 10.4 Å². The third-order valence-electron chi connectivity index (χ3n) is 1.76. The van der Waals surface area contributed by atoms with Crippen LogP contribution >= 0.6 is 11.6 Å². The van der Waals surface area contributed by atoms with E-state index in [-0.39, 0.29) is 29.3 Å². The maximum Gasteiger partial charge on any atom is 0.271 e. The van der Waals surface area contributed by atoms with Gasteiger partial charge in [0.05, 0.1) is 12.4 Å². The highest BCUT2D eigenvalue weighted by molar-refractivity contribution is 6.29. The first kappa shape index (κ1) is 11.9. The molecule has 1 amide bonds. The lowest BCUT2D eigenvalue weighted by molar-refractivity contribution is 0.0937. The number of rotatable bonds is 4. The van der Waals surface area contributed by atoms with Crippen LogP contribution in [0.3, 0.4) is 0 Å². The quantitative estimate of drug-likeness (QED) is 0.788. The Morgan fingerprint density at radius 2 is 2.40 bits per heavy atom. The van der Waals surface area contributed by atoms with Crippen LogP contribution in [0.1, 0.15) is 17.4 Å². The number of hydrogen-bond acceptors (Lipinski definition) is 4.